The Morgan fingerprint density at radius 3 is 2.61 bits per heavy atom. The van der Waals surface area contributed by atoms with Gasteiger partial charge < -0.3 is 14.5 Å². The minimum Gasteiger partial charge on any atom is -0.365 e. The molecule has 2 aromatic rings. The predicted octanol–water partition coefficient (Wildman–Crippen LogP) is 2.89. The van der Waals surface area contributed by atoms with Crippen molar-refractivity contribution in [1.29, 1.82) is 0 Å². The first-order valence-electron chi connectivity index (χ1n) is 9.17. The van der Waals surface area contributed by atoms with E-state index in [-0.39, 0.29) is 5.91 Å². The van der Waals surface area contributed by atoms with Gasteiger partial charge in [-0.15, -0.1) is 0 Å². The third-order valence-electron chi connectivity index (χ3n) is 5.19. The highest BCUT2D eigenvalue weighted by Crippen LogP contribution is 2.29. The van der Waals surface area contributed by atoms with Gasteiger partial charge >= 0.3 is 6.18 Å². The second-order valence-electron chi connectivity index (χ2n) is 6.98. The third-order valence-corrected chi connectivity index (χ3v) is 5.19. The van der Waals surface area contributed by atoms with Gasteiger partial charge in [0.05, 0.1) is 25.0 Å². The van der Waals surface area contributed by atoms with Gasteiger partial charge in [0.1, 0.15) is 5.69 Å². The number of hydrogen-bond acceptors (Lipinski definition) is 4. The van der Waals surface area contributed by atoms with Crippen molar-refractivity contribution < 1.29 is 22.7 Å². The summed E-state index contributed by atoms with van der Waals surface area (Å²) in [5, 5.41) is 0. The monoisotopic (exact) mass is 391 g/mol. The minimum absolute atomic E-state index is 0.0842. The van der Waals surface area contributed by atoms with Crippen LogP contribution in [-0.2, 0) is 28.7 Å². The molecule has 0 aliphatic carbocycles. The van der Waals surface area contributed by atoms with Crippen LogP contribution in [-0.4, -0.2) is 48.1 Å². The van der Waals surface area contributed by atoms with E-state index in [1.54, 1.807) is 4.90 Å². The Morgan fingerprint density at radius 1 is 1.11 bits per heavy atom. The molecule has 0 bridgehead atoms. The van der Waals surface area contributed by atoms with E-state index in [2.05, 4.69) is 11.1 Å². The molecule has 1 fully saturated rings. The van der Waals surface area contributed by atoms with Crippen molar-refractivity contribution >= 4 is 11.6 Å². The Labute approximate surface area is 160 Å². The number of amides is 1. The Hall–Kier alpha value is -2.61. The predicted molar refractivity (Wildman–Crippen MR) is 96.8 cm³/mol. The lowest BCUT2D eigenvalue weighted by molar-refractivity contribution is -0.145. The van der Waals surface area contributed by atoms with Crippen LogP contribution in [0.4, 0.5) is 18.9 Å². The molecule has 1 unspecified atom stereocenters. The summed E-state index contributed by atoms with van der Waals surface area (Å²) in [6, 6.07) is 10.4. The molecule has 4 rings (SSSR count). The standard InChI is InChI=1S/C20H20F3N3O2/c21-20(22,23)18-6-5-16(11-24-18)25-9-10-28-17(13-25)19(27)26-8-7-14-3-1-2-4-15(14)12-26/h1-6,11,17H,7-10,12-13H2. The number of benzene rings is 1. The number of pyridine rings is 1. The molecule has 0 N–H and O–H groups in total. The number of rotatable bonds is 2. The van der Waals surface area contributed by atoms with Crippen molar-refractivity contribution in [1.82, 2.24) is 9.88 Å². The lowest BCUT2D eigenvalue weighted by Crippen LogP contribution is -2.52. The summed E-state index contributed by atoms with van der Waals surface area (Å²) in [5.74, 6) is -0.0842. The maximum Gasteiger partial charge on any atom is 0.433 e. The zero-order valence-electron chi connectivity index (χ0n) is 15.2. The zero-order valence-corrected chi connectivity index (χ0v) is 15.2. The largest absolute Gasteiger partial charge is 0.433 e. The summed E-state index contributed by atoms with van der Waals surface area (Å²) in [4.78, 5) is 20.1. The van der Waals surface area contributed by atoms with Crippen LogP contribution in [0.2, 0.25) is 0 Å². The first kappa shape index (κ1) is 18.7. The van der Waals surface area contributed by atoms with Gasteiger partial charge in [0.15, 0.2) is 6.10 Å². The average molecular weight is 391 g/mol. The summed E-state index contributed by atoms with van der Waals surface area (Å²) in [5.41, 5.74) is 2.03. The number of nitrogens with zero attached hydrogens (tertiary/aromatic N) is 3. The quantitative estimate of drug-likeness (QED) is 0.790. The smallest absolute Gasteiger partial charge is 0.365 e. The molecule has 8 heteroatoms. The second-order valence-corrected chi connectivity index (χ2v) is 6.98. The molecule has 1 amide bonds. The van der Waals surface area contributed by atoms with Crippen LogP contribution < -0.4 is 4.90 Å². The maximum atomic E-state index is 12.9. The van der Waals surface area contributed by atoms with Crippen LogP contribution in [0.15, 0.2) is 42.6 Å². The Bertz CT molecular complexity index is 855. The van der Waals surface area contributed by atoms with Crippen molar-refractivity contribution in [2.45, 2.75) is 25.2 Å². The fraction of sp³-hybridized carbons (Fsp3) is 0.400. The van der Waals surface area contributed by atoms with E-state index in [1.165, 1.54) is 17.8 Å². The third kappa shape index (κ3) is 3.82. The van der Waals surface area contributed by atoms with Crippen LogP contribution in [0.1, 0.15) is 16.8 Å². The number of morpholine rings is 1. The zero-order chi connectivity index (χ0) is 19.7. The van der Waals surface area contributed by atoms with E-state index in [4.69, 9.17) is 4.74 Å². The number of alkyl halides is 3. The number of hydrogen-bond donors (Lipinski definition) is 0. The van der Waals surface area contributed by atoms with Gasteiger partial charge in [0, 0.05) is 19.6 Å². The Balaban J connectivity index is 1.43. The molecule has 3 heterocycles. The SMILES string of the molecule is O=C(C1CN(c2ccc(C(F)(F)F)nc2)CCO1)N1CCc2ccccc2C1. The molecule has 1 aromatic heterocycles. The molecular formula is C20H20F3N3O2. The van der Waals surface area contributed by atoms with Gasteiger partial charge in [-0.3, -0.25) is 4.79 Å². The normalized spacial score (nSPS) is 20.0. The second kappa shape index (κ2) is 7.43. The molecule has 0 saturated carbocycles. The van der Waals surface area contributed by atoms with Crippen molar-refractivity contribution in [2.75, 3.05) is 31.1 Å². The highest BCUT2D eigenvalue weighted by Gasteiger charge is 2.34. The average Bonchev–Trinajstić information content (AvgIpc) is 2.72. The molecular weight excluding hydrogens is 371 g/mol. The molecule has 1 saturated heterocycles. The fourth-order valence-corrected chi connectivity index (χ4v) is 3.66. The van der Waals surface area contributed by atoms with E-state index in [1.807, 2.05) is 23.1 Å². The number of anilines is 1. The number of halogens is 3. The molecule has 1 atom stereocenters. The fourth-order valence-electron chi connectivity index (χ4n) is 3.66. The Kier molecular flexibility index (Phi) is 4.97. The van der Waals surface area contributed by atoms with E-state index >= 15 is 0 Å². The van der Waals surface area contributed by atoms with Crippen LogP contribution in [0.3, 0.4) is 0 Å². The van der Waals surface area contributed by atoms with E-state index < -0.39 is 18.0 Å². The summed E-state index contributed by atoms with van der Waals surface area (Å²) in [7, 11) is 0. The van der Waals surface area contributed by atoms with Crippen LogP contribution in [0, 0.1) is 0 Å². The van der Waals surface area contributed by atoms with Gasteiger partial charge in [-0.1, -0.05) is 24.3 Å². The van der Waals surface area contributed by atoms with E-state index in [0.717, 1.165) is 18.1 Å². The number of carbonyl (C=O) groups excluding carboxylic acids is 1. The van der Waals surface area contributed by atoms with Crippen LogP contribution in [0.5, 0.6) is 0 Å². The van der Waals surface area contributed by atoms with Gasteiger partial charge in [-0.25, -0.2) is 4.98 Å². The topological polar surface area (TPSA) is 45.7 Å². The van der Waals surface area contributed by atoms with Crippen molar-refractivity contribution in [2.24, 2.45) is 0 Å². The first-order valence-corrected chi connectivity index (χ1v) is 9.17. The van der Waals surface area contributed by atoms with Crippen molar-refractivity contribution in [3.8, 4) is 0 Å². The molecule has 1 aromatic carbocycles. The molecule has 2 aliphatic heterocycles. The lowest BCUT2D eigenvalue weighted by atomic mass is 9.99. The van der Waals surface area contributed by atoms with Gasteiger partial charge in [-0.05, 0) is 29.7 Å². The van der Waals surface area contributed by atoms with Crippen molar-refractivity contribution in [3.05, 3.63) is 59.4 Å². The number of carbonyl (C=O) groups is 1. The van der Waals surface area contributed by atoms with Crippen LogP contribution in [0.25, 0.3) is 0 Å². The summed E-state index contributed by atoms with van der Waals surface area (Å²) < 4.78 is 43.8. The first-order chi connectivity index (χ1) is 13.4. The highest BCUT2D eigenvalue weighted by atomic mass is 19.4. The maximum absolute atomic E-state index is 12.9. The number of fused-ring (bicyclic) bond motifs is 1. The number of aromatic nitrogens is 1. The molecule has 5 nitrogen and oxygen atoms in total. The lowest BCUT2D eigenvalue weighted by Gasteiger charge is -2.37. The molecule has 0 radical (unpaired) electrons. The summed E-state index contributed by atoms with van der Waals surface area (Å²) in [6.45, 7) is 2.32. The summed E-state index contributed by atoms with van der Waals surface area (Å²) in [6.07, 6.45) is -3.10. The van der Waals surface area contributed by atoms with Crippen molar-refractivity contribution in [3.63, 3.8) is 0 Å². The molecule has 148 valence electrons. The number of ether oxygens (including phenoxy) is 1. The highest BCUT2D eigenvalue weighted by molar-refractivity contribution is 5.82. The Morgan fingerprint density at radius 2 is 1.89 bits per heavy atom. The van der Waals surface area contributed by atoms with Crippen LogP contribution >= 0.6 is 0 Å². The molecule has 2 aliphatic rings. The summed E-state index contributed by atoms with van der Waals surface area (Å²) >= 11 is 0. The minimum atomic E-state index is -4.47. The van der Waals surface area contributed by atoms with E-state index in [0.29, 0.717) is 38.5 Å². The molecule has 28 heavy (non-hydrogen) atoms. The van der Waals surface area contributed by atoms with E-state index in [9.17, 15) is 18.0 Å². The van der Waals surface area contributed by atoms with Gasteiger partial charge in [-0.2, -0.15) is 13.2 Å². The van der Waals surface area contributed by atoms with Gasteiger partial charge in [0.25, 0.3) is 5.91 Å². The molecule has 0 spiro atoms. The van der Waals surface area contributed by atoms with Gasteiger partial charge in [0.2, 0.25) is 0 Å².